The van der Waals surface area contributed by atoms with Gasteiger partial charge in [0.2, 0.25) is 0 Å². The number of furan rings is 1. The molecule has 0 aliphatic heterocycles. The number of rotatable bonds is 4. The van der Waals surface area contributed by atoms with Crippen molar-refractivity contribution in [1.82, 2.24) is 0 Å². The molecule has 0 unspecified atom stereocenters. The van der Waals surface area contributed by atoms with Crippen LogP contribution in [-0.4, -0.2) is 13.1 Å². The number of carbonyl (C=O) groups is 1. The molecule has 0 saturated carbocycles. The number of hydrogen-bond donors (Lipinski definition) is 1. The van der Waals surface area contributed by atoms with E-state index in [1.807, 2.05) is 31.2 Å². The molecule has 19 heavy (non-hydrogen) atoms. The zero-order valence-corrected chi connectivity index (χ0v) is 12.9. The van der Waals surface area contributed by atoms with Gasteiger partial charge in [-0.15, -0.1) is 0 Å². The maximum Gasteiger partial charge on any atom is 0.339 e. The van der Waals surface area contributed by atoms with E-state index in [-0.39, 0.29) is 5.97 Å². The molecule has 0 saturated heterocycles. The standard InChI is InChI=1S/C14H14INO3/c1-9-3-5-12(11(7-9)14(17)18-2)16-8-10-4-6-13(15)19-10/h3-7,16H,8H2,1-2H3. The highest BCUT2D eigenvalue weighted by molar-refractivity contribution is 14.1. The third kappa shape index (κ3) is 3.50. The summed E-state index contributed by atoms with van der Waals surface area (Å²) in [5, 5.41) is 3.19. The van der Waals surface area contributed by atoms with Gasteiger partial charge in [-0.2, -0.15) is 0 Å². The summed E-state index contributed by atoms with van der Waals surface area (Å²) in [4.78, 5) is 11.7. The molecule has 1 aromatic carbocycles. The first-order valence-electron chi connectivity index (χ1n) is 5.77. The Morgan fingerprint density at radius 2 is 2.16 bits per heavy atom. The average Bonchev–Trinajstić information content (AvgIpc) is 2.82. The summed E-state index contributed by atoms with van der Waals surface area (Å²) in [6.45, 7) is 2.46. The van der Waals surface area contributed by atoms with Crippen molar-refractivity contribution in [1.29, 1.82) is 0 Å². The van der Waals surface area contributed by atoms with Crippen LogP contribution in [0, 0.1) is 10.7 Å². The van der Waals surface area contributed by atoms with E-state index in [0.29, 0.717) is 12.1 Å². The van der Waals surface area contributed by atoms with Crippen molar-refractivity contribution >= 4 is 34.2 Å². The minimum atomic E-state index is -0.347. The largest absolute Gasteiger partial charge is 0.465 e. The van der Waals surface area contributed by atoms with Crippen molar-refractivity contribution in [2.45, 2.75) is 13.5 Å². The summed E-state index contributed by atoms with van der Waals surface area (Å²) in [7, 11) is 1.38. The molecule has 100 valence electrons. The molecule has 0 amide bonds. The van der Waals surface area contributed by atoms with E-state index in [2.05, 4.69) is 27.9 Å². The number of ether oxygens (including phenoxy) is 1. The third-order valence-electron chi connectivity index (χ3n) is 2.66. The molecule has 0 aliphatic rings. The van der Waals surface area contributed by atoms with Gasteiger partial charge in [-0.25, -0.2) is 4.79 Å². The normalized spacial score (nSPS) is 10.3. The van der Waals surface area contributed by atoms with Crippen LogP contribution in [0.1, 0.15) is 21.7 Å². The lowest BCUT2D eigenvalue weighted by Crippen LogP contribution is -2.08. The van der Waals surface area contributed by atoms with E-state index in [9.17, 15) is 4.79 Å². The van der Waals surface area contributed by atoms with Crippen LogP contribution in [0.3, 0.4) is 0 Å². The van der Waals surface area contributed by atoms with E-state index >= 15 is 0 Å². The summed E-state index contributed by atoms with van der Waals surface area (Å²) < 4.78 is 11.1. The molecule has 1 aromatic heterocycles. The van der Waals surface area contributed by atoms with Gasteiger partial charge < -0.3 is 14.5 Å². The summed E-state index contributed by atoms with van der Waals surface area (Å²) in [5.41, 5.74) is 2.28. The smallest absolute Gasteiger partial charge is 0.339 e. The third-order valence-corrected chi connectivity index (χ3v) is 3.24. The van der Waals surface area contributed by atoms with Crippen LogP contribution < -0.4 is 5.32 Å². The van der Waals surface area contributed by atoms with Gasteiger partial charge in [0.15, 0.2) is 3.77 Å². The number of hydrogen-bond acceptors (Lipinski definition) is 4. The molecule has 1 heterocycles. The number of benzene rings is 1. The lowest BCUT2D eigenvalue weighted by atomic mass is 10.1. The predicted octanol–water partition coefficient (Wildman–Crippen LogP) is 3.59. The number of anilines is 1. The van der Waals surface area contributed by atoms with Gasteiger partial charge >= 0.3 is 5.97 Å². The Labute approximate surface area is 125 Å². The first-order valence-corrected chi connectivity index (χ1v) is 6.85. The molecule has 4 nitrogen and oxygen atoms in total. The molecule has 5 heteroatoms. The molecule has 0 bridgehead atoms. The number of halogens is 1. The fraction of sp³-hybridized carbons (Fsp3) is 0.214. The Morgan fingerprint density at radius 1 is 1.37 bits per heavy atom. The maximum atomic E-state index is 11.7. The van der Waals surface area contributed by atoms with Crippen molar-refractivity contribution < 1.29 is 13.9 Å². The summed E-state index contributed by atoms with van der Waals surface area (Å²) >= 11 is 2.11. The van der Waals surface area contributed by atoms with Gasteiger partial charge in [0, 0.05) is 5.69 Å². The fourth-order valence-electron chi connectivity index (χ4n) is 1.72. The molecule has 0 fully saturated rings. The zero-order valence-electron chi connectivity index (χ0n) is 10.7. The average molecular weight is 371 g/mol. The number of aryl methyl sites for hydroxylation is 1. The predicted molar refractivity (Wildman–Crippen MR) is 81.3 cm³/mol. The van der Waals surface area contributed by atoms with E-state index in [4.69, 9.17) is 9.15 Å². The Bertz CT molecular complexity index is 592. The summed E-state index contributed by atoms with van der Waals surface area (Å²) in [6.07, 6.45) is 0. The SMILES string of the molecule is COC(=O)c1cc(C)ccc1NCc1ccc(I)o1. The summed E-state index contributed by atoms with van der Waals surface area (Å²) in [5.74, 6) is 0.473. The van der Waals surface area contributed by atoms with Crippen molar-refractivity contribution in [3.05, 3.63) is 51.0 Å². The minimum Gasteiger partial charge on any atom is -0.465 e. The van der Waals surface area contributed by atoms with Crippen molar-refractivity contribution in [3.63, 3.8) is 0 Å². The highest BCUT2D eigenvalue weighted by atomic mass is 127. The van der Waals surface area contributed by atoms with Gasteiger partial charge in [0.05, 0.1) is 19.2 Å². The number of nitrogens with one attached hydrogen (secondary N) is 1. The first kappa shape index (κ1) is 13.9. The van der Waals surface area contributed by atoms with Gasteiger partial charge in [-0.05, 0) is 53.8 Å². The molecule has 2 aromatic rings. The van der Waals surface area contributed by atoms with Crippen LogP contribution in [-0.2, 0) is 11.3 Å². The topological polar surface area (TPSA) is 51.5 Å². The van der Waals surface area contributed by atoms with E-state index in [1.165, 1.54) is 7.11 Å². The first-order chi connectivity index (χ1) is 9.10. The Morgan fingerprint density at radius 3 is 2.79 bits per heavy atom. The van der Waals surface area contributed by atoms with Crippen LogP contribution in [0.25, 0.3) is 0 Å². The van der Waals surface area contributed by atoms with E-state index in [1.54, 1.807) is 6.07 Å². The molecule has 0 atom stereocenters. The van der Waals surface area contributed by atoms with Crippen molar-refractivity contribution in [2.24, 2.45) is 0 Å². The van der Waals surface area contributed by atoms with Crippen LogP contribution in [0.15, 0.2) is 34.7 Å². The van der Waals surface area contributed by atoms with Gasteiger partial charge in [-0.1, -0.05) is 11.6 Å². The number of carbonyl (C=O) groups excluding carboxylic acids is 1. The molecular formula is C14H14INO3. The minimum absolute atomic E-state index is 0.347. The molecular weight excluding hydrogens is 357 g/mol. The van der Waals surface area contributed by atoms with Crippen LogP contribution in [0.4, 0.5) is 5.69 Å². The lowest BCUT2D eigenvalue weighted by Gasteiger charge is -2.10. The Balaban J connectivity index is 2.17. The fourth-order valence-corrected chi connectivity index (χ4v) is 2.18. The molecule has 0 radical (unpaired) electrons. The van der Waals surface area contributed by atoms with E-state index in [0.717, 1.165) is 20.8 Å². The highest BCUT2D eigenvalue weighted by Crippen LogP contribution is 2.20. The second-order valence-corrected chi connectivity index (χ2v) is 5.16. The number of esters is 1. The number of methoxy groups -OCH3 is 1. The monoisotopic (exact) mass is 371 g/mol. The molecule has 0 spiro atoms. The van der Waals surface area contributed by atoms with Crippen molar-refractivity contribution in [3.8, 4) is 0 Å². The second-order valence-electron chi connectivity index (χ2n) is 4.10. The van der Waals surface area contributed by atoms with Gasteiger partial charge in [0.1, 0.15) is 5.76 Å². The molecule has 0 aliphatic carbocycles. The Kier molecular flexibility index (Phi) is 4.47. The van der Waals surface area contributed by atoms with E-state index < -0.39 is 0 Å². The van der Waals surface area contributed by atoms with Crippen LogP contribution >= 0.6 is 22.6 Å². The maximum absolute atomic E-state index is 11.7. The Hall–Kier alpha value is -1.50. The quantitative estimate of drug-likeness (QED) is 0.659. The highest BCUT2D eigenvalue weighted by Gasteiger charge is 2.12. The van der Waals surface area contributed by atoms with Crippen molar-refractivity contribution in [2.75, 3.05) is 12.4 Å². The van der Waals surface area contributed by atoms with Gasteiger partial charge in [-0.3, -0.25) is 0 Å². The second kappa shape index (κ2) is 6.10. The molecule has 2 rings (SSSR count). The molecule has 1 N–H and O–H groups in total. The van der Waals surface area contributed by atoms with Crippen LogP contribution in [0.5, 0.6) is 0 Å². The van der Waals surface area contributed by atoms with Crippen LogP contribution in [0.2, 0.25) is 0 Å². The zero-order chi connectivity index (χ0) is 13.8. The lowest BCUT2D eigenvalue weighted by molar-refractivity contribution is 0.0601. The van der Waals surface area contributed by atoms with Gasteiger partial charge in [0.25, 0.3) is 0 Å². The summed E-state index contributed by atoms with van der Waals surface area (Å²) in [6, 6.07) is 9.42.